The Kier molecular flexibility index (Phi) is 4.53. The van der Waals surface area contributed by atoms with Gasteiger partial charge in [0, 0.05) is 31.1 Å². The fraction of sp³-hybridized carbons (Fsp3) is 0.619. The molecule has 4 rings (SSSR count). The number of nitrogens with zero attached hydrogens (tertiary/aromatic N) is 1. The SMILES string of the molecule is O=C(NC1CC12CCN(C(=O)CC1CCCC1)CC2)c1ccccc1. The summed E-state index contributed by atoms with van der Waals surface area (Å²) in [5, 5.41) is 3.19. The minimum absolute atomic E-state index is 0.0298. The van der Waals surface area contributed by atoms with Crippen molar-refractivity contribution < 1.29 is 9.59 Å². The average molecular weight is 340 g/mol. The number of carbonyl (C=O) groups is 2. The highest BCUT2D eigenvalue weighted by molar-refractivity contribution is 5.94. The van der Waals surface area contributed by atoms with Gasteiger partial charge in [-0.25, -0.2) is 0 Å². The minimum atomic E-state index is 0.0298. The Labute approximate surface area is 150 Å². The molecule has 1 aromatic carbocycles. The molecule has 3 fully saturated rings. The van der Waals surface area contributed by atoms with E-state index >= 15 is 0 Å². The molecule has 134 valence electrons. The van der Waals surface area contributed by atoms with E-state index in [1.165, 1.54) is 25.7 Å². The molecule has 2 saturated carbocycles. The first kappa shape index (κ1) is 16.6. The molecule has 25 heavy (non-hydrogen) atoms. The van der Waals surface area contributed by atoms with E-state index in [-0.39, 0.29) is 17.4 Å². The van der Waals surface area contributed by atoms with E-state index in [4.69, 9.17) is 0 Å². The molecule has 1 saturated heterocycles. The highest BCUT2D eigenvalue weighted by Gasteiger charge is 2.55. The molecular formula is C21H28N2O2. The van der Waals surface area contributed by atoms with Crippen molar-refractivity contribution in [3.63, 3.8) is 0 Å². The van der Waals surface area contributed by atoms with Crippen LogP contribution in [0, 0.1) is 11.3 Å². The number of benzene rings is 1. The van der Waals surface area contributed by atoms with Crippen LogP contribution in [0.3, 0.4) is 0 Å². The van der Waals surface area contributed by atoms with E-state index in [2.05, 4.69) is 10.2 Å². The van der Waals surface area contributed by atoms with Crippen molar-refractivity contribution in [1.29, 1.82) is 0 Å². The first-order chi connectivity index (χ1) is 12.2. The van der Waals surface area contributed by atoms with Crippen LogP contribution in [-0.2, 0) is 4.79 Å². The topological polar surface area (TPSA) is 49.4 Å². The summed E-state index contributed by atoms with van der Waals surface area (Å²) >= 11 is 0. The van der Waals surface area contributed by atoms with Crippen LogP contribution < -0.4 is 5.32 Å². The first-order valence-corrected chi connectivity index (χ1v) is 9.80. The second-order valence-corrected chi connectivity index (χ2v) is 8.19. The Balaban J connectivity index is 1.25. The van der Waals surface area contributed by atoms with Crippen LogP contribution in [0.5, 0.6) is 0 Å². The van der Waals surface area contributed by atoms with Gasteiger partial charge >= 0.3 is 0 Å². The molecule has 1 spiro atoms. The summed E-state index contributed by atoms with van der Waals surface area (Å²) in [5.74, 6) is 1.01. The predicted molar refractivity (Wildman–Crippen MR) is 97.1 cm³/mol. The van der Waals surface area contributed by atoms with Crippen LogP contribution in [-0.4, -0.2) is 35.8 Å². The summed E-state index contributed by atoms with van der Waals surface area (Å²) in [4.78, 5) is 26.9. The molecule has 3 aliphatic rings. The van der Waals surface area contributed by atoms with Crippen molar-refractivity contribution in [3.8, 4) is 0 Å². The number of hydrogen-bond acceptors (Lipinski definition) is 2. The minimum Gasteiger partial charge on any atom is -0.349 e. The highest BCUT2D eigenvalue weighted by Crippen LogP contribution is 2.54. The lowest BCUT2D eigenvalue weighted by Crippen LogP contribution is -2.42. The van der Waals surface area contributed by atoms with E-state index in [1.807, 2.05) is 30.3 Å². The number of piperidine rings is 1. The van der Waals surface area contributed by atoms with Crippen molar-refractivity contribution in [2.75, 3.05) is 13.1 Å². The lowest BCUT2D eigenvalue weighted by atomic mass is 9.91. The van der Waals surface area contributed by atoms with Crippen molar-refractivity contribution in [2.24, 2.45) is 11.3 Å². The Bertz CT molecular complexity index is 629. The molecule has 1 aromatic rings. The summed E-state index contributed by atoms with van der Waals surface area (Å²) in [6.07, 6.45) is 8.94. The summed E-state index contributed by atoms with van der Waals surface area (Å²) in [5.41, 5.74) is 0.975. The number of hydrogen-bond donors (Lipinski definition) is 1. The number of carbonyl (C=O) groups excluding carboxylic acids is 2. The molecule has 4 nitrogen and oxygen atoms in total. The third-order valence-corrected chi connectivity index (χ3v) is 6.58. The summed E-state index contributed by atoms with van der Waals surface area (Å²) in [6.45, 7) is 1.73. The second kappa shape index (κ2) is 6.81. The fourth-order valence-corrected chi connectivity index (χ4v) is 4.73. The predicted octanol–water partition coefficient (Wildman–Crippen LogP) is 3.38. The second-order valence-electron chi connectivity index (χ2n) is 8.19. The molecule has 1 atom stereocenters. The van der Waals surface area contributed by atoms with E-state index in [9.17, 15) is 9.59 Å². The molecule has 1 N–H and O–H groups in total. The molecule has 4 heteroatoms. The maximum absolute atomic E-state index is 12.5. The van der Waals surface area contributed by atoms with E-state index in [0.29, 0.717) is 11.8 Å². The first-order valence-electron chi connectivity index (χ1n) is 9.80. The van der Waals surface area contributed by atoms with Gasteiger partial charge in [-0.05, 0) is 55.6 Å². The average Bonchev–Trinajstić information content (AvgIpc) is 3.05. The van der Waals surface area contributed by atoms with Crippen LogP contribution in [0.2, 0.25) is 0 Å². The third kappa shape index (κ3) is 3.58. The Morgan fingerprint density at radius 3 is 2.44 bits per heavy atom. The summed E-state index contributed by atoms with van der Waals surface area (Å²) in [6, 6.07) is 9.71. The van der Waals surface area contributed by atoms with Crippen molar-refractivity contribution in [3.05, 3.63) is 35.9 Å². The molecule has 0 aromatic heterocycles. The smallest absolute Gasteiger partial charge is 0.251 e. The molecule has 1 unspecified atom stereocenters. The van der Waals surface area contributed by atoms with Crippen LogP contribution in [0.15, 0.2) is 30.3 Å². The van der Waals surface area contributed by atoms with Gasteiger partial charge < -0.3 is 10.2 Å². The number of nitrogens with one attached hydrogen (secondary N) is 1. The van der Waals surface area contributed by atoms with Gasteiger partial charge in [-0.2, -0.15) is 0 Å². The van der Waals surface area contributed by atoms with Gasteiger partial charge in [0.15, 0.2) is 0 Å². The maximum Gasteiger partial charge on any atom is 0.251 e. The molecular weight excluding hydrogens is 312 g/mol. The van der Waals surface area contributed by atoms with Crippen molar-refractivity contribution >= 4 is 11.8 Å². The lowest BCUT2D eigenvalue weighted by molar-refractivity contribution is -0.133. The van der Waals surface area contributed by atoms with Gasteiger partial charge in [0.2, 0.25) is 5.91 Å². The Morgan fingerprint density at radius 2 is 1.76 bits per heavy atom. The zero-order valence-corrected chi connectivity index (χ0v) is 14.9. The van der Waals surface area contributed by atoms with Gasteiger partial charge in [-0.1, -0.05) is 31.0 Å². The Morgan fingerprint density at radius 1 is 1.08 bits per heavy atom. The molecule has 1 heterocycles. The molecule has 0 bridgehead atoms. The van der Waals surface area contributed by atoms with Crippen molar-refractivity contribution in [2.45, 2.75) is 57.4 Å². The van der Waals surface area contributed by atoms with E-state index in [0.717, 1.165) is 44.3 Å². The molecule has 0 radical (unpaired) electrons. The quantitative estimate of drug-likeness (QED) is 0.913. The van der Waals surface area contributed by atoms with Gasteiger partial charge in [-0.3, -0.25) is 9.59 Å². The summed E-state index contributed by atoms with van der Waals surface area (Å²) in [7, 11) is 0. The van der Waals surface area contributed by atoms with Gasteiger partial charge in [0.1, 0.15) is 0 Å². The normalized spacial score (nSPS) is 25.1. The van der Waals surface area contributed by atoms with Crippen LogP contribution in [0.1, 0.15) is 61.7 Å². The standard InChI is InChI=1S/C21H28N2O2/c24-19(14-16-6-4-5-7-16)23-12-10-21(11-13-23)15-18(21)22-20(25)17-8-2-1-3-9-17/h1-3,8-9,16,18H,4-7,10-15H2,(H,22,25). The zero-order chi connectivity index (χ0) is 17.3. The maximum atomic E-state index is 12.5. The van der Waals surface area contributed by atoms with Gasteiger partial charge in [0.05, 0.1) is 0 Å². The van der Waals surface area contributed by atoms with Gasteiger partial charge in [-0.15, -0.1) is 0 Å². The highest BCUT2D eigenvalue weighted by atomic mass is 16.2. The van der Waals surface area contributed by atoms with Crippen LogP contribution >= 0.6 is 0 Å². The van der Waals surface area contributed by atoms with Crippen LogP contribution in [0.25, 0.3) is 0 Å². The fourth-order valence-electron chi connectivity index (χ4n) is 4.73. The monoisotopic (exact) mass is 340 g/mol. The number of rotatable bonds is 4. The molecule has 1 aliphatic heterocycles. The van der Waals surface area contributed by atoms with Gasteiger partial charge in [0.25, 0.3) is 5.91 Å². The molecule has 2 amide bonds. The number of amides is 2. The molecule has 2 aliphatic carbocycles. The van der Waals surface area contributed by atoms with Crippen LogP contribution in [0.4, 0.5) is 0 Å². The third-order valence-electron chi connectivity index (χ3n) is 6.58. The zero-order valence-electron chi connectivity index (χ0n) is 14.9. The Hall–Kier alpha value is -1.84. The lowest BCUT2D eigenvalue weighted by Gasteiger charge is -2.33. The number of likely N-dealkylation sites (tertiary alicyclic amines) is 1. The largest absolute Gasteiger partial charge is 0.349 e. The van der Waals surface area contributed by atoms with Crippen molar-refractivity contribution in [1.82, 2.24) is 10.2 Å². The van der Waals surface area contributed by atoms with E-state index in [1.54, 1.807) is 0 Å². The van der Waals surface area contributed by atoms with E-state index < -0.39 is 0 Å². The summed E-state index contributed by atoms with van der Waals surface area (Å²) < 4.78 is 0.